The van der Waals surface area contributed by atoms with Gasteiger partial charge in [0, 0.05) is 0 Å². The van der Waals surface area contributed by atoms with Gasteiger partial charge in [0.25, 0.3) is 0 Å². The van der Waals surface area contributed by atoms with Gasteiger partial charge in [-0.2, -0.15) is 0 Å². The first-order chi connectivity index (χ1) is 11.8. The van der Waals surface area contributed by atoms with Crippen LogP contribution in [0.25, 0.3) is 5.57 Å². The minimum atomic E-state index is -0.282. The average molecular weight is 321 g/mol. The third-order valence-corrected chi connectivity index (χ3v) is 4.02. The molecule has 0 unspecified atom stereocenters. The summed E-state index contributed by atoms with van der Waals surface area (Å²) in [7, 11) is 0. The first-order valence-corrected chi connectivity index (χ1v) is 8.21. The highest BCUT2D eigenvalue weighted by atomic mass is 16.5. The molecule has 1 aliphatic rings. The molecule has 3 heteroatoms. The number of benzene rings is 2. The van der Waals surface area contributed by atoms with Crippen molar-refractivity contribution in [3.63, 3.8) is 0 Å². The minimum Gasteiger partial charge on any atom is -0.461 e. The number of esters is 1. The number of carbonyl (C=O) groups excluding carboxylic acids is 1. The van der Waals surface area contributed by atoms with Crippen LogP contribution in [-0.4, -0.2) is 19.2 Å². The minimum absolute atomic E-state index is 0.282. The van der Waals surface area contributed by atoms with E-state index >= 15 is 0 Å². The lowest BCUT2D eigenvalue weighted by Crippen LogP contribution is -2.07. The van der Waals surface area contributed by atoms with Crippen LogP contribution in [0, 0.1) is 6.42 Å². The molecule has 3 nitrogen and oxygen atoms in total. The molecule has 0 aromatic heterocycles. The number of rotatable bonds is 6. The van der Waals surface area contributed by atoms with E-state index in [1.807, 2.05) is 30.3 Å². The van der Waals surface area contributed by atoms with E-state index in [0.717, 1.165) is 24.2 Å². The van der Waals surface area contributed by atoms with E-state index in [9.17, 15) is 4.79 Å². The lowest BCUT2D eigenvalue weighted by molar-refractivity contribution is -0.140. The van der Waals surface area contributed by atoms with Gasteiger partial charge < -0.3 is 9.47 Å². The Morgan fingerprint density at radius 2 is 1.83 bits per heavy atom. The second-order valence-corrected chi connectivity index (χ2v) is 5.75. The second-order valence-electron chi connectivity index (χ2n) is 5.75. The quantitative estimate of drug-likeness (QED) is 0.755. The van der Waals surface area contributed by atoms with Crippen LogP contribution in [0.3, 0.4) is 0 Å². The highest BCUT2D eigenvalue weighted by molar-refractivity contribution is 5.79. The lowest BCUT2D eigenvalue weighted by atomic mass is 9.99. The zero-order valence-corrected chi connectivity index (χ0v) is 13.6. The number of hydrogen-bond donors (Lipinski definition) is 0. The maximum atomic E-state index is 11.8. The molecule has 3 rings (SSSR count). The lowest BCUT2D eigenvalue weighted by Gasteiger charge is -2.14. The highest BCUT2D eigenvalue weighted by Gasteiger charge is 2.08. The maximum absolute atomic E-state index is 11.8. The Bertz CT molecular complexity index is 687. The van der Waals surface area contributed by atoms with Crippen molar-refractivity contribution >= 4 is 11.5 Å². The van der Waals surface area contributed by atoms with Crippen molar-refractivity contribution in [2.24, 2.45) is 0 Å². The summed E-state index contributed by atoms with van der Waals surface area (Å²) in [5, 5.41) is 0. The molecule has 2 aromatic rings. The summed E-state index contributed by atoms with van der Waals surface area (Å²) in [6.07, 6.45) is 5.25. The Kier molecular flexibility index (Phi) is 5.80. The molecule has 123 valence electrons. The molecule has 1 radical (unpaired) electrons. The summed E-state index contributed by atoms with van der Waals surface area (Å²) in [5.74, 6) is -0.282. The van der Waals surface area contributed by atoms with Gasteiger partial charge in [-0.25, -0.2) is 0 Å². The molecule has 0 saturated heterocycles. The Labute approximate surface area is 142 Å². The van der Waals surface area contributed by atoms with Crippen molar-refractivity contribution in [1.82, 2.24) is 0 Å². The first-order valence-electron chi connectivity index (χ1n) is 8.21. The SMILES string of the molecule is O=C([CH]Cc1ccc(C2=CCOCC2)cc1)OCc1ccccc1. The fourth-order valence-electron chi connectivity index (χ4n) is 2.63. The highest BCUT2D eigenvalue weighted by Crippen LogP contribution is 2.21. The Morgan fingerprint density at radius 1 is 1.04 bits per heavy atom. The Morgan fingerprint density at radius 3 is 2.54 bits per heavy atom. The summed E-state index contributed by atoms with van der Waals surface area (Å²) in [6, 6.07) is 18.0. The second kappa shape index (κ2) is 8.46. The molecule has 0 atom stereocenters. The maximum Gasteiger partial charge on any atom is 0.310 e. The summed E-state index contributed by atoms with van der Waals surface area (Å²) >= 11 is 0. The molecular formula is C21H21O3. The van der Waals surface area contributed by atoms with Gasteiger partial charge in [0.15, 0.2) is 0 Å². The van der Waals surface area contributed by atoms with Crippen LogP contribution in [0.1, 0.15) is 23.1 Å². The topological polar surface area (TPSA) is 35.5 Å². The molecule has 0 N–H and O–H groups in total. The van der Waals surface area contributed by atoms with Gasteiger partial charge in [0.05, 0.1) is 19.6 Å². The fourth-order valence-corrected chi connectivity index (χ4v) is 2.63. The smallest absolute Gasteiger partial charge is 0.310 e. The van der Waals surface area contributed by atoms with Gasteiger partial charge >= 0.3 is 5.97 Å². The van der Waals surface area contributed by atoms with Crippen LogP contribution in [0.2, 0.25) is 0 Å². The average Bonchev–Trinajstić information content (AvgIpc) is 2.67. The molecule has 2 aromatic carbocycles. The summed E-state index contributed by atoms with van der Waals surface area (Å²) < 4.78 is 10.6. The summed E-state index contributed by atoms with van der Waals surface area (Å²) in [6.45, 7) is 1.79. The first kappa shape index (κ1) is 16.5. The van der Waals surface area contributed by atoms with Crippen LogP contribution in [0.4, 0.5) is 0 Å². The van der Waals surface area contributed by atoms with Crippen molar-refractivity contribution in [3.8, 4) is 0 Å². The summed E-state index contributed by atoms with van der Waals surface area (Å²) in [5.41, 5.74) is 4.66. The molecule has 0 aliphatic carbocycles. The summed E-state index contributed by atoms with van der Waals surface area (Å²) in [4.78, 5) is 11.8. The number of hydrogen-bond acceptors (Lipinski definition) is 3. The predicted octanol–water partition coefficient (Wildman–Crippen LogP) is 3.98. The molecule has 24 heavy (non-hydrogen) atoms. The molecule has 0 saturated carbocycles. The standard InChI is InChI=1S/C21H21O3/c22-21(24-16-18-4-2-1-3-5-18)11-8-17-6-9-19(10-7-17)20-12-14-23-15-13-20/h1-7,9-12H,8,13-16H2. The molecule has 1 heterocycles. The molecular weight excluding hydrogens is 300 g/mol. The molecule has 0 spiro atoms. The van der Waals surface area contributed by atoms with E-state index in [4.69, 9.17) is 9.47 Å². The van der Waals surface area contributed by atoms with Crippen LogP contribution >= 0.6 is 0 Å². The largest absolute Gasteiger partial charge is 0.461 e. The van der Waals surface area contributed by atoms with E-state index in [2.05, 4.69) is 30.3 Å². The van der Waals surface area contributed by atoms with E-state index in [1.165, 1.54) is 11.1 Å². The van der Waals surface area contributed by atoms with Crippen molar-refractivity contribution in [2.75, 3.05) is 13.2 Å². The monoisotopic (exact) mass is 321 g/mol. The van der Waals surface area contributed by atoms with Crippen LogP contribution in [-0.2, 0) is 27.3 Å². The Hall–Kier alpha value is -2.39. The Balaban J connectivity index is 1.46. The third kappa shape index (κ3) is 4.80. The van der Waals surface area contributed by atoms with E-state index in [1.54, 1.807) is 6.42 Å². The van der Waals surface area contributed by atoms with Crippen LogP contribution < -0.4 is 0 Å². The number of carbonyl (C=O) groups is 1. The van der Waals surface area contributed by atoms with Gasteiger partial charge in [-0.3, -0.25) is 4.79 Å². The molecule has 0 amide bonds. The van der Waals surface area contributed by atoms with E-state index in [0.29, 0.717) is 19.6 Å². The van der Waals surface area contributed by atoms with Gasteiger partial charge in [0.2, 0.25) is 0 Å². The van der Waals surface area contributed by atoms with Gasteiger partial charge in [-0.1, -0.05) is 60.7 Å². The normalized spacial score (nSPS) is 14.1. The van der Waals surface area contributed by atoms with Crippen LogP contribution in [0.5, 0.6) is 0 Å². The van der Waals surface area contributed by atoms with Gasteiger partial charge in [-0.15, -0.1) is 0 Å². The van der Waals surface area contributed by atoms with Crippen molar-refractivity contribution in [2.45, 2.75) is 19.4 Å². The van der Waals surface area contributed by atoms with Crippen molar-refractivity contribution in [1.29, 1.82) is 0 Å². The van der Waals surface area contributed by atoms with Crippen molar-refractivity contribution in [3.05, 3.63) is 83.8 Å². The van der Waals surface area contributed by atoms with Gasteiger partial charge in [0.1, 0.15) is 6.61 Å². The predicted molar refractivity (Wildman–Crippen MR) is 94.1 cm³/mol. The van der Waals surface area contributed by atoms with E-state index in [-0.39, 0.29) is 5.97 Å². The molecule has 0 bridgehead atoms. The molecule has 0 fully saturated rings. The van der Waals surface area contributed by atoms with Gasteiger partial charge in [-0.05, 0) is 35.1 Å². The zero-order chi connectivity index (χ0) is 16.6. The van der Waals surface area contributed by atoms with Crippen molar-refractivity contribution < 1.29 is 14.3 Å². The number of ether oxygens (including phenoxy) is 2. The molecule has 1 aliphatic heterocycles. The fraction of sp³-hybridized carbons (Fsp3) is 0.238. The third-order valence-electron chi connectivity index (χ3n) is 4.02. The van der Waals surface area contributed by atoms with Crippen LogP contribution in [0.15, 0.2) is 60.7 Å². The van der Waals surface area contributed by atoms with E-state index < -0.39 is 0 Å². The zero-order valence-electron chi connectivity index (χ0n) is 13.6.